The zero-order chi connectivity index (χ0) is 26.7. The highest BCUT2D eigenvalue weighted by atomic mass is 16.5. The summed E-state index contributed by atoms with van der Waals surface area (Å²) in [6.45, 7) is 5.03. The zero-order valence-corrected chi connectivity index (χ0v) is 22.9. The maximum absolute atomic E-state index is 13.4. The number of carbonyl (C=O) groups is 2. The SMILES string of the molecule is CCN1CCCCCCCCO[C@@H]2CN(C(=O)CCc3ccccc3OC)C[C@H]2Oc2ccccc2C1=O. The van der Waals surface area contributed by atoms with E-state index in [1.165, 1.54) is 12.8 Å². The molecule has 0 N–H and O–H groups in total. The predicted molar refractivity (Wildman–Crippen MR) is 148 cm³/mol. The van der Waals surface area contributed by atoms with E-state index >= 15 is 0 Å². The van der Waals surface area contributed by atoms with Crippen molar-refractivity contribution in [2.45, 2.75) is 70.5 Å². The Labute approximate surface area is 227 Å². The summed E-state index contributed by atoms with van der Waals surface area (Å²) < 4.78 is 18.2. The summed E-state index contributed by atoms with van der Waals surface area (Å²) in [7, 11) is 1.65. The van der Waals surface area contributed by atoms with E-state index in [-0.39, 0.29) is 24.0 Å². The lowest BCUT2D eigenvalue weighted by Crippen LogP contribution is -2.35. The third kappa shape index (κ3) is 7.28. The fourth-order valence-electron chi connectivity index (χ4n) is 5.36. The second-order valence-electron chi connectivity index (χ2n) is 10.2. The Morgan fingerprint density at radius 3 is 2.47 bits per heavy atom. The van der Waals surface area contributed by atoms with Crippen LogP contribution in [0.5, 0.6) is 11.5 Å². The molecular weight excluding hydrogens is 480 g/mol. The lowest BCUT2D eigenvalue weighted by molar-refractivity contribution is -0.130. The smallest absolute Gasteiger partial charge is 0.257 e. The van der Waals surface area contributed by atoms with Crippen LogP contribution in [-0.4, -0.2) is 73.7 Å². The molecule has 0 aromatic heterocycles. The molecule has 206 valence electrons. The van der Waals surface area contributed by atoms with Crippen molar-refractivity contribution in [1.29, 1.82) is 0 Å². The lowest BCUT2D eigenvalue weighted by atomic mass is 10.1. The lowest BCUT2D eigenvalue weighted by Gasteiger charge is -2.25. The van der Waals surface area contributed by atoms with Crippen LogP contribution in [0.15, 0.2) is 48.5 Å². The van der Waals surface area contributed by atoms with Gasteiger partial charge in [-0.15, -0.1) is 0 Å². The van der Waals surface area contributed by atoms with Gasteiger partial charge in [0.15, 0.2) is 0 Å². The van der Waals surface area contributed by atoms with Crippen molar-refractivity contribution in [3.8, 4) is 11.5 Å². The Balaban J connectivity index is 1.49. The number of likely N-dealkylation sites (tertiary alicyclic amines) is 1. The van der Waals surface area contributed by atoms with Crippen LogP contribution in [0.25, 0.3) is 0 Å². The molecule has 2 aromatic carbocycles. The van der Waals surface area contributed by atoms with Crippen molar-refractivity contribution < 1.29 is 23.8 Å². The normalized spacial score (nSPS) is 21.4. The summed E-state index contributed by atoms with van der Waals surface area (Å²) in [5, 5.41) is 0. The Kier molecular flexibility index (Phi) is 10.4. The summed E-state index contributed by atoms with van der Waals surface area (Å²) in [6.07, 6.45) is 7.04. The van der Waals surface area contributed by atoms with Crippen LogP contribution in [0, 0.1) is 0 Å². The van der Waals surface area contributed by atoms with Crippen LogP contribution < -0.4 is 9.47 Å². The standard InChI is InChI=1S/C31H42N2O5/c1-3-32-20-12-6-4-5-7-13-21-37-28-22-33(30(34)19-18-24-14-8-10-16-26(24)36-2)23-29(28)38-27-17-11-9-15-25(27)31(32)35/h8-11,14-17,28-29H,3-7,12-13,18-23H2,1-2H3/t28-,29-/m1/s1. The molecule has 7 heteroatoms. The molecule has 2 aromatic rings. The molecule has 2 heterocycles. The number of methoxy groups -OCH3 is 1. The number of aryl methyl sites for hydroxylation is 1. The van der Waals surface area contributed by atoms with Crippen LogP contribution in [0.4, 0.5) is 0 Å². The topological polar surface area (TPSA) is 68.3 Å². The highest BCUT2D eigenvalue weighted by Gasteiger charge is 2.38. The molecule has 7 nitrogen and oxygen atoms in total. The largest absolute Gasteiger partial charge is 0.496 e. The summed E-state index contributed by atoms with van der Waals surface area (Å²) in [5.41, 5.74) is 1.59. The van der Waals surface area contributed by atoms with Crippen molar-refractivity contribution in [2.24, 2.45) is 0 Å². The van der Waals surface area contributed by atoms with Crippen molar-refractivity contribution >= 4 is 11.8 Å². The summed E-state index contributed by atoms with van der Waals surface area (Å²) in [4.78, 5) is 30.4. The average Bonchev–Trinajstić information content (AvgIpc) is 3.35. The number of hydrogen-bond acceptors (Lipinski definition) is 5. The van der Waals surface area contributed by atoms with Crippen LogP contribution in [0.2, 0.25) is 0 Å². The van der Waals surface area contributed by atoms with Gasteiger partial charge in [-0.3, -0.25) is 9.59 Å². The van der Waals surface area contributed by atoms with Crippen molar-refractivity contribution in [1.82, 2.24) is 9.80 Å². The third-order valence-electron chi connectivity index (χ3n) is 7.59. The number of amides is 2. The second-order valence-corrected chi connectivity index (χ2v) is 10.2. The molecule has 0 bridgehead atoms. The van der Waals surface area contributed by atoms with Gasteiger partial charge in [-0.1, -0.05) is 56.0 Å². The molecule has 1 saturated heterocycles. The van der Waals surface area contributed by atoms with Crippen molar-refractivity contribution in [3.63, 3.8) is 0 Å². The number of fused-ring (bicyclic) bond motifs is 2. The third-order valence-corrected chi connectivity index (χ3v) is 7.59. The predicted octanol–water partition coefficient (Wildman–Crippen LogP) is 5.12. The van der Waals surface area contributed by atoms with Gasteiger partial charge < -0.3 is 24.0 Å². The number of benzene rings is 2. The quantitative estimate of drug-likeness (QED) is 0.545. The molecule has 38 heavy (non-hydrogen) atoms. The fraction of sp³-hybridized carbons (Fsp3) is 0.548. The Morgan fingerprint density at radius 2 is 1.66 bits per heavy atom. The van der Waals surface area contributed by atoms with E-state index < -0.39 is 0 Å². The number of para-hydroxylation sites is 2. The van der Waals surface area contributed by atoms with Crippen LogP contribution in [0.3, 0.4) is 0 Å². The first-order valence-corrected chi connectivity index (χ1v) is 14.2. The minimum absolute atomic E-state index is 0.00426. The molecule has 0 spiro atoms. The molecule has 0 aliphatic carbocycles. The van der Waals surface area contributed by atoms with Gasteiger partial charge >= 0.3 is 0 Å². The monoisotopic (exact) mass is 522 g/mol. The van der Waals surface area contributed by atoms with Gasteiger partial charge in [0.25, 0.3) is 5.91 Å². The van der Waals surface area contributed by atoms with E-state index in [9.17, 15) is 9.59 Å². The summed E-state index contributed by atoms with van der Waals surface area (Å²) in [6, 6.07) is 15.3. The molecule has 0 radical (unpaired) electrons. The molecule has 1 fully saturated rings. The maximum Gasteiger partial charge on any atom is 0.257 e. The Bertz CT molecular complexity index is 1060. The van der Waals surface area contributed by atoms with Gasteiger partial charge in [-0.25, -0.2) is 0 Å². The van der Waals surface area contributed by atoms with E-state index in [0.29, 0.717) is 50.4 Å². The second kappa shape index (κ2) is 14.2. The molecule has 0 saturated carbocycles. The van der Waals surface area contributed by atoms with E-state index in [1.54, 1.807) is 7.11 Å². The maximum atomic E-state index is 13.4. The first-order chi connectivity index (χ1) is 18.6. The average molecular weight is 523 g/mol. The van der Waals surface area contributed by atoms with Gasteiger partial charge in [0, 0.05) is 26.1 Å². The highest BCUT2D eigenvalue weighted by molar-refractivity contribution is 5.97. The van der Waals surface area contributed by atoms with Gasteiger partial charge in [0.05, 0.1) is 25.8 Å². The van der Waals surface area contributed by atoms with Gasteiger partial charge in [0.1, 0.15) is 23.7 Å². The minimum Gasteiger partial charge on any atom is -0.496 e. The number of carbonyl (C=O) groups excluding carboxylic acids is 2. The zero-order valence-electron chi connectivity index (χ0n) is 22.9. The Hall–Kier alpha value is -3.06. The molecule has 0 unspecified atom stereocenters. The van der Waals surface area contributed by atoms with E-state index in [1.807, 2.05) is 65.3 Å². The van der Waals surface area contributed by atoms with Crippen LogP contribution >= 0.6 is 0 Å². The first kappa shape index (κ1) is 28.0. The van der Waals surface area contributed by atoms with Gasteiger partial charge in [-0.05, 0) is 49.9 Å². The number of rotatable bonds is 5. The molecular formula is C31H42N2O5. The van der Waals surface area contributed by atoms with Gasteiger partial charge in [-0.2, -0.15) is 0 Å². The fourth-order valence-corrected chi connectivity index (χ4v) is 5.36. The van der Waals surface area contributed by atoms with Crippen LogP contribution in [0.1, 0.15) is 67.8 Å². The first-order valence-electron chi connectivity index (χ1n) is 14.2. The summed E-state index contributed by atoms with van der Waals surface area (Å²) >= 11 is 0. The molecule has 2 aliphatic rings. The van der Waals surface area contributed by atoms with E-state index in [4.69, 9.17) is 14.2 Å². The van der Waals surface area contributed by atoms with Crippen LogP contribution in [-0.2, 0) is 16.0 Å². The van der Waals surface area contributed by atoms with Gasteiger partial charge in [0.2, 0.25) is 5.91 Å². The molecule has 2 aliphatic heterocycles. The molecule has 2 amide bonds. The number of hydrogen-bond donors (Lipinski definition) is 0. The van der Waals surface area contributed by atoms with Crippen molar-refractivity contribution in [3.05, 3.63) is 59.7 Å². The van der Waals surface area contributed by atoms with Crippen molar-refractivity contribution in [2.75, 3.05) is 39.9 Å². The molecule has 2 atom stereocenters. The summed E-state index contributed by atoms with van der Waals surface area (Å²) in [5.74, 6) is 1.43. The number of ether oxygens (including phenoxy) is 3. The molecule has 4 rings (SSSR count). The minimum atomic E-state index is -0.331. The van der Waals surface area contributed by atoms with E-state index in [0.717, 1.165) is 43.5 Å². The highest BCUT2D eigenvalue weighted by Crippen LogP contribution is 2.27. The number of nitrogens with zero attached hydrogens (tertiary/aromatic N) is 2. The van der Waals surface area contributed by atoms with E-state index in [2.05, 4.69) is 0 Å². The Morgan fingerprint density at radius 1 is 0.947 bits per heavy atom.